The monoisotopic (exact) mass is 315 g/mol. The molecule has 0 amide bonds. The number of thioether (sulfide) groups is 1. The zero-order valence-corrected chi connectivity index (χ0v) is 12.3. The van der Waals surface area contributed by atoms with E-state index in [1.807, 2.05) is 0 Å². The molecule has 0 unspecified atom stereocenters. The summed E-state index contributed by atoms with van der Waals surface area (Å²) in [5.74, 6) is 0.252. The molecule has 0 saturated heterocycles. The van der Waals surface area contributed by atoms with Crippen LogP contribution in [-0.2, 0) is 12.3 Å². The van der Waals surface area contributed by atoms with Crippen LogP contribution in [0, 0.1) is 5.82 Å². The Hall–Kier alpha value is -0.740. The summed E-state index contributed by atoms with van der Waals surface area (Å²) in [4.78, 5) is 0.840. The van der Waals surface area contributed by atoms with Crippen molar-refractivity contribution in [3.63, 3.8) is 0 Å². The van der Waals surface area contributed by atoms with Gasteiger partial charge in [-0.1, -0.05) is 35.3 Å². The van der Waals surface area contributed by atoms with Gasteiger partial charge in [0.15, 0.2) is 0 Å². The van der Waals surface area contributed by atoms with Gasteiger partial charge < -0.3 is 5.73 Å². The Kier molecular flexibility index (Phi) is 5.11. The molecule has 2 N–H and O–H groups in total. The first-order valence-electron chi connectivity index (χ1n) is 5.65. The molecule has 0 aromatic heterocycles. The Morgan fingerprint density at radius 1 is 1.11 bits per heavy atom. The molecule has 0 heterocycles. The highest BCUT2D eigenvalue weighted by molar-refractivity contribution is 7.98. The van der Waals surface area contributed by atoms with Crippen LogP contribution in [0.3, 0.4) is 0 Å². The lowest BCUT2D eigenvalue weighted by Crippen LogP contribution is -1.98. The molecule has 19 heavy (non-hydrogen) atoms. The minimum atomic E-state index is -0.233. The first-order valence-corrected chi connectivity index (χ1v) is 7.39. The molecular formula is C14H12Cl2FNS. The fourth-order valence-corrected chi connectivity index (χ4v) is 3.08. The van der Waals surface area contributed by atoms with Gasteiger partial charge in [0.05, 0.1) is 5.02 Å². The summed E-state index contributed by atoms with van der Waals surface area (Å²) in [7, 11) is 0. The summed E-state index contributed by atoms with van der Waals surface area (Å²) >= 11 is 13.4. The van der Waals surface area contributed by atoms with Crippen LogP contribution in [0.15, 0.2) is 41.3 Å². The van der Waals surface area contributed by atoms with Gasteiger partial charge in [-0.25, -0.2) is 4.39 Å². The number of hydrogen-bond donors (Lipinski definition) is 1. The molecule has 2 rings (SSSR count). The second kappa shape index (κ2) is 6.62. The SMILES string of the molecule is NCc1ccc(F)c(CSc2cc(Cl)ccc2Cl)c1. The lowest BCUT2D eigenvalue weighted by atomic mass is 10.1. The van der Waals surface area contributed by atoms with E-state index in [9.17, 15) is 4.39 Å². The van der Waals surface area contributed by atoms with Crippen molar-refractivity contribution in [3.8, 4) is 0 Å². The Morgan fingerprint density at radius 2 is 1.89 bits per heavy atom. The van der Waals surface area contributed by atoms with Gasteiger partial charge in [0.2, 0.25) is 0 Å². The van der Waals surface area contributed by atoms with Crippen molar-refractivity contribution >= 4 is 35.0 Å². The number of benzene rings is 2. The Bertz CT molecular complexity index is 590. The zero-order valence-electron chi connectivity index (χ0n) is 10.00. The van der Waals surface area contributed by atoms with Crippen molar-refractivity contribution in [2.75, 3.05) is 0 Å². The van der Waals surface area contributed by atoms with E-state index in [4.69, 9.17) is 28.9 Å². The van der Waals surface area contributed by atoms with Gasteiger partial charge >= 0.3 is 0 Å². The first kappa shape index (κ1) is 14.7. The second-order valence-corrected chi connectivity index (χ2v) is 5.85. The lowest BCUT2D eigenvalue weighted by molar-refractivity contribution is 0.616. The number of nitrogens with two attached hydrogens (primary N) is 1. The minimum absolute atomic E-state index is 0.233. The normalized spacial score (nSPS) is 10.7. The summed E-state index contributed by atoms with van der Waals surface area (Å²) in [6.45, 7) is 0.399. The Balaban J connectivity index is 2.16. The van der Waals surface area contributed by atoms with E-state index in [0.717, 1.165) is 10.5 Å². The van der Waals surface area contributed by atoms with Crippen LogP contribution in [0.4, 0.5) is 4.39 Å². The highest BCUT2D eigenvalue weighted by atomic mass is 35.5. The van der Waals surface area contributed by atoms with E-state index in [2.05, 4.69) is 0 Å². The van der Waals surface area contributed by atoms with Crippen molar-refractivity contribution in [1.29, 1.82) is 0 Å². The van der Waals surface area contributed by atoms with Crippen LogP contribution in [0.5, 0.6) is 0 Å². The third-order valence-electron chi connectivity index (χ3n) is 2.62. The van der Waals surface area contributed by atoms with Gasteiger partial charge in [0.25, 0.3) is 0 Å². The molecule has 0 saturated carbocycles. The smallest absolute Gasteiger partial charge is 0.127 e. The van der Waals surface area contributed by atoms with E-state index in [-0.39, 0.29) is 5.82 Å². The summed E-state index contributed by atoms with van der Waals surface area (Å²) in [5.41, 5.74) is 7.08. The molecule has 0 aliphatic rings. The standard InChI is InChI=1S/C14H12Cl2FNS/c15-11-2-3-12(16)14(6-11)19-8-10-5-9(7-18)1-4-13(10)17/h1-6H,7-8,18H2. The van der Waals surface area contributed by atoms with Gasteiger partial charge in [-0.3, -0.25) is 0 Å². The van der Waals surface area contributed by atoms with Crippen LogP contribution in [0.1, 0.15) is 11.1 Å². The lowest BCUT2D eigenvalue weighted by Gasteiger charge is -2.07. The van der Waals surface area contributed by atoms with Gasteiger partial charge in [-0.15, -0.1) is 11.8 Å². The highest BCUT2D eigenvalue weighted by Crippen LogP contribution is 2.32. The van der Waals surface area contributed by atoms with Crippen LogP contribution in [-0.4, -0.2) is 0 Å². The Labute approximate surface area is 125 Å². The van der Waals surface area contributed by atoms with Crippen LogP contribution in [0.2, 0.25) is 10.0 Å². The first-order chi connectivity index (χ1) is 9.10. The average Bonchev–Trinajstić information content (AvgIpc) is 2.41. The second-order valence-electron chi connectivity index (χ2n) is 3.99. The summed E-state index contributed by atoms with van der Waals surface area (Å²) in [6.07, 6.45) is 0. The Morgan fingerprint density at radius 3 is 2.63 bits per heavy atom. The van der Waals surface area contributed by atoms with Crippen molar-refractivity contribution in [2.24, 2.45) is 5.73 Å². The van der Waals surface area contributed by atoms with Crippen molar-refractivity contribution in [3.05, 3.63) is 63.4 Å². The number of hydrogen-bond acceptors (Lipinski definition) is 2. The molecule has 0 spiro atoms. The number of halogens is 3. The molecule has 0 fully saturated rings. The fraction of sp³-hybridized carbons (Fsp3) is 0.143. The van der Waals surface area contributed by atoms with Crippen LogP contribution < -0.4 is 5.73 Å². The molecule has 2 aromatic rings. The zero-order chi connectivity index (χ0) is 13.8. The molecular weight excluding hydrogens is 304 g/mol. The molecule has 0 atom stereocenters. The van der Waals surface area contributed by atoms with E-state index in [0.29, 0.717) is 27.9 Å². The molecule has 1 nitrogen and oxygen atoms in total. The van der Waals surface area contributed by atoms with E-state index >= 15 is 0 Å². The third-order valence-corrected chi connectivity index (χ3v) is 4.40. The largest absolute Gasteiger partial charge is 0.326 e. The quantitative estimate of drug-likeness (QED) is 0.813. The highest BCUT2D eigenvalue weighted by Gasteiger charge is 2.07. The maximum Gasteiger partial charge on any atom is 0.127 e. The number of rotatable bonds is 4. The van der Waals surface area contributed by atoms with E-state index in [1.165, 1.54) is 17.8 Å². The third kappa shape index (κ3) is 3.86. The molecule has 0 bridgehead atoms. The maximum absolute atomic E-state index is 13.7. The van der Waals surface area contributed by atoms with Gasteiger partial charge in [0, 0.05) is 22.2 Å². The van der Waals surface area contributed by atoms with Gasteiger partial charge in [-0.2, -0.15) is 0 Å². The molecule has 5 heteroatoms. The van der Waals surface area contributed by atoms with Gasteiger partial charge in [-0.05, 0) is 35.4 Å². The fourth-order valence-electron chi connectivity index (χ4n) is 1.61. The van der Waals surface area contributed by atoms with Crippen LogP contribution >= 0.6 is 35.0 Å². The molecule has 0 aliphatic heterocycles. The average molecular weight is 316 g/mol. The van der Waals surface area contributed by atoms with Gasteiger partial charge in [0.1, 0.15) is 5.82 Å². The van der Waals surface area contributed by atoms with Crippen molar-refractivity contribution < 1.29 is 4.39 Å². The molecule has 2 aromatic carbocycles. The summed E-state index contributed by atoms with van der Waals surface area (Å²) in [5, 5.41) is 1.23. The predicted molar refractivity (Wildman–Crippen MR) is 80.3 cm³/mol. The predicted octanol–water partition coefficient (Wildman–Crippen LogP) is 4.88. The van der Waals surface area contributed by atoms with Crippen molar-refractivity contribution in [2.45, 2.75) is 17.2 Å². The topological polar surface area (TPSA) is 26.0 Å². The molecule has 0 aliphatic carbocycles. The van der Waals surface area contributed by atoms with E-state index in [1.54, 1.807) is 30.3 Å². The maximum atomic E-state index is 13.7. The summed E-state index contributed by atoms with van der Waals surface area (Å²) < 4.78 is 13.7. The van der Waals surface area contributed by atoms with Crippen molar-refractivity contribution in [1.82, 2.24) is 0 Å². The minimum Gasteiger partial charge on any atom is -0.326 e. The van der Waals surface area contributed by atoms with Crippen LogP contribution in [0.25, 0.3) is 0 Å². The summed E-state index contributed by atoms with van der Waals surface area (Å²) in [6, 6.07) is 10.1. The molecule has 0 radical (unpaired) electrons. The van der Waals surface area contributed by atoms with E-state index < -0.39 is 0 Å². The molecule has 100 valence electrons.